The minimum Gasteiger partial charge on any atom is -0.461 e. The van der Waals surface area contributed by atoms with Crippen LogP contribution in [0.4, 0.5) is 0 Å². The molecule has 1 aromatic carbocycles. The van der Waals surface area contributed by atoms with E-state index in [4.69, 9.17) is 4.42 Å². The van der Waals surface area contributed by atoms with Crippen molar-refractivity contribution in [3.05, 3.63) is 35.6 Å². The lowest BCUT2D eigenvalue weighted by Crippen LogP contribution is -2.36. The average Bonchev–Trinajstić information content (AvgIpc) is 2.78. The molecule has 3 nitrogen and oxygen atoms in total. The molecular weight excluding hydrogens is 284 g/mol. The molecule has 1 aliphatic rings. The van der Waals surface area contributed by atoms with Crippen LogP contribution in [0.25, 0.3) is 11.0 Å². The zero-order valence-electron chi connectivity index (χ0n) is 12.9. The summed E-state index contributed by atoms with van der Waals surface area (Å²) in [4.78, 5) is 2.57. The molecule has 4 heteroatoms. The fourth-order valence-electron chi connectivity index (χ4n) is 3.28. The summed E-state index contributed by atoms with van der Waals surface area (Å²) in [6.45, 7) is 6.66. The summed E-state index contributed by atoms with van der Waals surface area (Å²) in [5.41, 5.74) is 2.39. The van der Waals surface area contributed by atoms with E-state index >= 15 is 0 Å². The van der Waals surface area contributed by atoms with E-state index in [2.05, 4.69) is 35.3 Å². The van der Waals surface area contributed by atoms with Gasteiger partial charge in [-0.05, 0) is 58.4 Å². The summed E-state index contributed by atoms with van der Waals surface area (Å²) >= 11 is 0. The molecule has 116 valence electrons. The van der Waals surface area contributed by atoms with Gasteiger partial charge >= 0.3 is 0 Å². The zero-order valence-corrected chi connectivity index (χ0v) is 13.7. The Morgan fingerprint density at radius 1 is 1.24 bits per heavy atom. The molecule has 0 aliphatic carbocycles. The van der Waals surface area contributed by atoms with Crippen molar-refractivity contribution in [1.82, 2.24) is 10.2 Å². The van der Waals surface area contributed by atoms with Gasteiger partial charge in [0.15, 0.2) is 0 Å². The van der Waals surface area contributed by atoms with Gasteiger partial charge < -0.3 is 9.73 Å². The lowest BCUT2D eigenvalue weighted by molar-refractivity contribution is 0.176. The Bertz CT molecular complexity index is 573. The first-order valence-electron chi connectivity index (χ1n) is 7.62. The van der Waals surface area contributed by atoms with Gasteiger partial charge in [0.25, 0.3) is 0 Å². The number of nitrogens with one attached hydrogen (secondary N) is 1. The molecule has 0 atom stereocenters. The number of nitrogens with zero attached hydrogens (tertiary/aromatic N) is 1. The molecule has 2 heterocycles. The Kier molecular flexibility index (Phi) is 5.68. The smallest absolute Gasteiger partial charge is 0.134 e. The van der Waals surface area contributed by atoms with E-state index in [9.17, 15) is 0 Å². The first-order chi connectivity index (χ1) is 9.78. The highest BCUT2D eigenvalue weighted by Gasteiger charge is 2.20. The van der Waals surface area contributed by atoms with Gasteiger partial charge in [-0.15, -0.1) is 12.4 Å². The molecule has 0 unspecified atom stereocenters. The van der Waals surface area contributed by atoms with Crippen molar-refractivity contribution in [3.63, 3.8) is 0 Å². The van der Waals surface area contributed by atoms with Crippen LogP contribution in [0, 0.1) is 12.8 Å². The zero-order chi connectivity index (χ0) is 13.9. The van der Waals surface area contributed by atoms with E-state index < -0.39 is 0 Å². The average molecular weight is 309 g/mol. The van der Waals surface area contributed by atoms with E-state index in [-0.39, 0.29) is 12.4 Å². The van der Waals surface area contributed by atoms with Crippen LogP contribution in [0.5, 0.6) is 0 Å². The number of hydrogen-bond acceptors (Lipinski definition) is 3. The second kappa shape index (κ2) is 7.30. The van der Waals surface area contributed by atoms with E-state index in [1.807, 2.05) is 13.1 Å². The van der Waals surface area contributed by atoms with E-state index in [1.165, 1.54) is 36.9 Å². The summed E-state index contributed by atoms with van der Waals surface area (Å²) < 4.78 is 5.86. The molecule has 0 saturated carbocycles. The summed E-state index contributed by atoms with van der Waals surface area (Å²) in [6, 6.07) is 8.37. The van der Waals surface area contributed by atoms with Crippen LogP contribution in [0.2, 0.25) is 0 Å². The van der Waals surface area contributed by atoms with Gasteiger partial charge in [-0.25, -0.2) is 0 Å². The van der Waals surface area contributed by atoms with Crippen molar-refractivity contribution in [1.29, 1.82) is 0 Å². The summed E-state index contributed by atoms with van der Waals surface area (Å²) in [5, 5.41) is 4.58. The highest BCUT2D eigenvalue weighted by atomic mass is 35.5. The number of piperidine rings is 1. The highest BCUT2D eigenvalue weighted by Crippen LogP contribution is 2.28. The molecule has 21 heavy (non-hydrogen) atoms. The number of hydrogen-bond donors (Lipinski definition) is 1. The number of likely N-dealkylation sites (tertiary alicyclic amines) is 1. The van der Waals surface area contributed by atoms with Gasteiger partial charge in [-0.1, -0.05) is 18.2 Å². The van der Waals surface area contributed by atoms with Crippen LogP contribution in [0.3, 0.4) is 0 Å². The molecule has 1 fully saturated rings. The van der Waals surface area contributed by atoms with Gasteiger partial charge in [0.05, 0.1) is 0 Å². The third-order valence-electron chi connectivity index (χ3n) is 4.48. The number of fused-ring (bicyclic) bond motifs is 1. The Balaban J connectivity index is 0.00000161. The van der Waals surface area contributed by atoms with Crippen molar-refractivity contribution < 1.29 is 4.42 Å². The number of halogens is 1. The summed E-state index contributed by atoms with van der Waals surface area (Å²) in [5.74, 6) is 1.92. The van der Waals surface area contributed by atoms with E-state index in [0.717, 1.165) is 30.4 Å². The SMILES string of the molecule is CNCC1CCN(Cc2c(C)oc3ccccc23)CC1.Cl. The first kappa shape index (κ1) is 16.3. The molecule has 0 spiro atoms. The predicted molar refractivity (Wildman–Crippen MR) is 90.1 cm³/mol. The number of aryl methyl sites for hydroxylation is 1. The third-order valence-corrected chi connectivity index (χ3v) is 4.48. The van der Waals surface area contributed by atoms with Crippen molar-refractivity contribution in [2.24, 2.45) is 5.92 Å². The maximum Gasteiger partial charge on any atom is 0.134 e. The number of furan rings is 1. The van der Waals surface area contributed by atoms with Crippen LogP contribution in [-0.2, 0) is 6.54 Å². The lowest BCUT2D eigenvalue weighted by atomic mass is 9.96. The minimum absolute atomic E-state index is 0. The second-order valence-corrected chi connectivity index (χ2v) is 5.91. The Hall–Kier alpha value is -1.03. The lowest BCUT2D eigenvalue weighted by Gasteiger charge is -2.31. The third kappa shape index (κ3) is 3.60. The molecular formula is C17H25ClN2O. The van der Waals surface area contributed by atoms with Crippen LogP contribution in [0.15, 0.2) is 28.7 Å². The summed E-state index contributed by atoms with van der Waals surface area (Å²) in [7, 11) is 2.05. The Labute approximate surface area is 133 Å². The van der Waals surface area contributed by atoms with Crippen molar-refractivity contribution in [2.75, 3.05) is 26.7 Å². The number of rotatable bonds is 4. The fourth-order valence-corrected chi connectivity index (χ4v) is 3.28. The predicted octanol–water partition coefficient (Wildman–Crippen LogP) is 3.59. The molecule has 2 aromatic rings. The van der Waals surface area contributed by atoms with Crippen molar-refractivity contribution in [2.45, 2.75) is 26.3 Å². The van der Waals surface area contributed by atoms with Crippen LogP contribution < -0.4 is 5.32 Å². The molecule has 0 bridgehead atoms. The molecule has 0 radical (unpaired) electrons. The van der Waals surface area contributed by atoms with Crippen molar-refractivity contribution >= 4 is 23.4 Å². The normalized spacial score (nSPS) is 17.0. The monoisotopic (exact) mass is 308 g/mol. The largest absolute Gasteiger partial charge is 0.461 e. The number of benzene rings is 1. The maximum absolute atomic E-state index is 5.86. The fraction of sp³-hybridized carbons (Fsp3) is 0.529. The van der Waals surface area contributed by atoms with Crippen LogP contribution >= 0.6 is 12.4 Å². The molecule has 3 rings (SSSR count). The van der Waals surface area contributed by atoms with Crippen LogP contribution in [0.1, 0.15) is 24.2 Å². The molecule has 1 aromatic heterocycles. The number of para-hydroxylation sites is 1. The van der Waals surface area contributed by atoms with Gasteiger partial charge in [-0.2, -0.15) is 0 Å². The first-order valence-corrected chi connectivity index (χ1v) is 7.62. The van der Waals surface area contributed by atoms with Crippen LogP contribution in [-0.4, -0.2) is 31.6 Å². The maximum atomic E-state index is 5.86. The van der Waals surface area contributed by atoms with Gasteiger partial charge in [0, 0.05) is 17.5 Å². The molecule has 0 amide bonds. The van der Waals surface area contributed by atoms with Gasteiger partial charge in [0.1, 0.15) is 11.3 Å². The molecule has 1 aliphatic heterocycles. The summed E-state index contributed by atoms with van der Waals surface area (Å²) in [6.07, 6.45) is 2.60. The van der Waals surface area contributed by atoms with E-state index in [1.54, 1.807) is 0 Å². The van der Waals surface area contributed by atoms with Gasteiger partial charge in [0.2, 0.25) is 0 Å². The van der Waals surface area contributed by atoms with E-state index in [0.29, 0.717) is 0 Å². The molecule has 1 N–H and O–H groups in total. The quantitative estimate of drug-likeness (QED) is 0.935. The topological polar surface area (TPSA) is 28.4 Å². The second-order valence-electron chi connectivity index (χ2n) is 5.91. The molecule has 1 saturated heterocycles. The van der Waals surface area contributed by atoms with Crippen molar-refractivity contribution in [3.8, 4) is 0 Å². The van der Waals surface area contributed by atoms with Gasteiger partial charge in [-0.3, -0.25) is 4.90 Å². The standard InChI is InChI=1S/C17H24N2O.ClH/c1-13-16(15-5-3-4-6-17(15)20-13)12-19-9-7-14(8-10-19)11-18-2;/h3-6,14,18H,7-12H2,1-2H3;1H. The minimum atomic E-state index is 0. The Morgan fingerprint density at radius 3 is 2.67 bits per heavy atom. The highest BCUT2D eigenvalue weighted by molar-refractivity contribution is 5.85. The Morgan fingerprint density at radius 2 is 1.95 bits per heavy atom.